The van der Waals surface area contributed by atoms with Gasteiger partial charge in [0.25, 0.3) is 0 Å². The molecule has 15 heavy (non-hydrogen) atoms. The van der Waals surface area contributed by atoms with Gasteiger partial charge in [-0.05, 0) is 12.1 Å². The Balaban J connectivity index is 2.69. The molecule has 1 radical (unpaired) electrons. The maximum Gasteiger partial charge on any atom is 0.417 e. The van der Waals surface area contributed by atoms with Gasteiger partial charge in [0.05, 0.1) is 5.56 Å². The number of alkyl halides is 3. The second kappa shape index (κ2) is 4.29. The maximum absolute atomic E-state index is 12.1. The monoisotopic (exact) mass is 217 g/mol. The molecule has 0 unspecified atom stereocenters. The number of carbonyl (C=O) groups excluding carboxylic acids is 1. The largest absolute Gasteiger partial charge is 0.417 e. The second-order valence-corrected chi connectivity index (χ2v) is 2.84. The van der Waals surface area contributed by atoms with E-state index in [0.29, 0.717) is 11.9 Å². The lowest BCUT2D eigenvalue weighted by molar-refractivity contribution is -0.137. The van der Waals surface area contributed by atoms with Gasteiger partial charge in [-0.15, -0.1) is 0 Å². The summed E-state index contributed by atoms with van der Waals surface area (Å²) in [7, 11) is 0. The zero-order valence-electron chi connectivity index (χ0n) is 7.58. The summed E-state index contributed by atoms with van der Waals surface area (Å²) in [6, 6.07) is 2.09. The number of primary amides is 1. The quantitative estimate of drug-likeness (QED) is 0.834. The number of amides is 1. The van der Waals surface area contributed by atoms with Gasteiger partial charge in [0, 0.05) is 24.7 Å². The van der Waals surface area contributed by atoms with Gasteiger partial charge in [-0.3, -0.25) is 9.78 Å². The van der Waals surface area contributed by atoms with Crippen molar-refractivity contribution in [3.05, 3.63) is 36.0 Å². The molecular formula is C9H8F3N2O. The smallest absolute Gasteiger partial charge is 0.370 e. The normalized spacial score (nSPS) is 11.4. The highest BCUT2D eigenvalue weighted by Crippen LogP contribution is 2.28. The first-order valence-electron chi connectivity index (χ1n) is 4.04. The summed E-state index contributed by atoms with van der Waals surface area (Å²) >= 11 is 0. The molecule has 0 aliphatic carbocycles. The Kier molecular flexibility index (Phi) is 3.28. The molecule has 6 heteroatoms. The van der Waals surface area contributed by atoms with Crippen LogP contribution in [0.1, 0.15) is 17.7 Å². The SMILES string of the molecule is NC(=O)C[CH]c1ccc(C(F)(F)F)cn1. The van der Waals surface area contributed by atoms with Crippen LogP contribution in [-0.2, 0) is 11.0 Å². The van der Waals surface area contributed by atoms with Crippen LogP contribution in [0.2, 0.25) is 0 Å². The number of rotatable bonds is 3. The van der Waals surface area contributed by atoms with Crippen LogP contribution in [0.4, 0.5) is 13.2 Å². The van der Waals surface area contributed by atoms with Gasteiger partial charge in [0.1, 0.15) is 0 Å². The second-order valence-electron chi connectivity index (χ2n) is 2.84. The number of nitrogens with zero attached hydrogens (tertiary/aromatic N) is 1. The fourth-order valence-corrected chi connectivity index (χ4v) is 0.899. The van der Waals surface area contributed by atoms with E-state index in [0.717, 1.165) is 6.07 Å². The molecule has 0 atom stereocenters. The Bertz CT molecular complexity index is 345. The number of aromatic nitrogens is 1. The highest BCUT2D eigenvalue weighted by atomic mass is 19.4. The van der Waals surface area contributed by atoms with Crippen LogP contribution in [0.25, 0.3) is 0 Å². The Morgan fingerprint density at radius 3 is 2.53 bits per heavy atom. The molecule has 1 rings (SSSR count). The molecule has 3 nitrogen and oxygen atoms in total. The molecule has 0 fully saturated rings. The van der Waals surface area contributed by atoms with Crippen LogP contribution in [0.15, 0.2) is 18.3 Å². The van der Waals surface area contributed by atoms with Crippen molar-refractivity contribution in [1.29, 1.82) is 0 Å². The zero-order valence-corrected chi connectivity index (χ0v) is 7.58. The minimum Gasteiger partial charge on any atom is -0.370 e. The molecule has 0 bridgehead atoms. The molecule has 81 valence electrons. The van der Waals surface area contributed by atoms with Crippen LogP contribution in [0, 0.1) is 6.42 Å². The van der Waals surface area contributed by atoms with Gasteiger partial charge < -0.3 is 5.73 Å². The Hall–Kier alpha value is -1.59. The third kappa shape index (κ3) is 3.57. The first kappa shape index (κ1) is 11.5. The first-order valence-corrected chi connectivity index (χ1v) is 4.04. The van der Waals surface area contributed by atoms with Crippen molar-refractivity contribution in [2.45, 2.75) is 12.6 Å². The minimum atomic E-state index is -4.39. The lowest BCUT2D eigenvalue weighted by Gasteiger charge is -2.06. The molecule has 0 saturated heterocycles. The summed E-state index contributed by atoms with van der Waals surface area (Å²) in [5.41, 5.74) is 4.33. The van der Waals surface area contributed by atoms with Gasteiger partial charge in [-0.25, -0.2) is 0 Å². The lowest BCUT2D eigenvalue weighted by atomic mass is 10.2. The van der Waals surface area contributed by atoms with Crippen LogP contribution in [-0.4, -0.2) is 10.9 Å². The Morgan fingerprint density at radius 2 is 2.13 bits per heavy atom. The predicted octanol–water partition coefficient (Wildman–Crippen LogP) is 1.53. The number of halogens is 3. The number of hydrogen-bond acceptors (Lipinski definition) is 2. The summed E-state index contributed by atoms with van der Waals surface area (Å²) in [6.45, 7) is 0. The predicted molar refractivity (Wildman–Crippen MR) is 46.5 cm³/mol. The maximum atomic E-state index is 12.1. The van der Waals surface area contributed by atoms with E-state index in [9.17, 15) is 18.0 Å². The standard InChI is InChI=1S/C9H8F3N2O/c10-9(11,12)6-1-2-7(14-5-6)3-4-8(13)15/h1-3,5H,4H2,(H2,13,15). The van der Waals surface area contributed by atoms with Crippen LogP contribution >= 0.6 is 0 Å². The highest BCUT2D eigenvalue weighted by Gasteiger charge is 2.30. The van der Waals surface area contributed by atoms with Crippen LogP contribution in [0.5, 0.6) is 0 Å². The summed E-state index contributed by atoms with van der Waals surface area (Å²) in [5.74, 6) is -0.559. The molecule has 0 saturated carbocycles. The number of nitrogens with two attached hydrogens (primary N) is 1. The molecule has 0 aliphatic rings. The Labute approximate surface area is 84.1 Å². The van der Waals surface area contributed by atoms with E-state index in [1.807, 2.05) is 0 Å². The van der Waals surface area contributed by atoms with Crippen molar-refractivity contribution in [2.24, 2.45) is 5.73 Å². The van der Waals surface area contributed by atoms with E-state index in [2.05, 4.69) is 4.98 Å². The molecule has 0 aliphatic heterocycles. The number of hydrogen-bond donors (Lipinski definition) is 1. The summed E-state index contributed by atoms with van der Waals surface area (Å²) in [5, 5.41) is 0. The zero-order chi connectivity index (χ0) is 11.5. The molecule has 1 aromatic heterocycles. The molecule has 1 aromatic rings. The van der Waals surface area contributed by atoms with E-state index in [-0.39, 0.29) is 6.42 Å². The topological polar surface area (TPSA) is 56.0 Å². The van der Waals surface area contributed by atoms with Crippen LogP contribution < -0.4 is 5.73 Å². The molecule has 0 spiro atoms. The van der Waals surface area contributed by atoms with Crippen molar-refractivity contribution < 1.29 is 18.0 Å². The summed E-state index contributed by atoms with van der Waals surface area (Å²) in [4.78, 5) is 13.9. The molecule has 1 heterocycles. The average Bonchev–Trinajstić information content (AvgIpc) is 2.14. The highest BCUT2D eigenvalue weighted by molar-refractivity contribution is 5.75. The molecule has 1 amide bonds. The number of pyridine rings is 1. The molecular weight excluding hydrogens is 209 g/mol. The van der Waals surface area contributed by atoms with Gasteiger partial charge in [-0.1, -0.05) is 0 Å². The summed E-state index contributed by atoms with van der Waals surface area (Å²) in [6.07, 6.45) is -2.36. The van der Waals surface area contributed by atoms with Crippen molar-refractivity contribution in [3.8, 4) is 0 Å². The van der Waals surface area contributed by atoms with E-state index in [1.54, 1.807) is 0 Å². The van der Waals surface area contributed by atoms with Gasteiger partial charge in [0.2, 0.25) is 5.91 Å². The van der Waals surface area contributed by atoms with Crippen molar-refractivity contribution >= 4 is 5.91 Å². The fraction of sp³-hybridized carbons (Fsp3) is 0.222. The van der Waals surface area contributed by atoms with Crippen LogP contribution in [0.3, 0.4) is 0 Å². The minimum absolute atomic E-state index is 0.0433. The van der Waals surface area contributed by atoms with E-state index in [4.69, 9.17) is 5.73 Å². The van der Waals surface area contributed by atoms with E-state index >= 15 is 0 Å². The lowest BCUT2D eigenvalue weighted by Crippen LogP contribution is -2.11. The van der Waals surface area contributed by atoms with Crippen molar-refractivity contribution in [1.82, 2.24) is 4.98 Å². The van der Waals surface area contributed by atoms with Gasteiger partial charge in [-0.2, -0.15) is 13.2 Å². The average molecular weight is 217 g/mol. The van der Waals surface area contributed by atoms with Gasteiger partial charge >= 0.3 is 6.18 Å². The third-order valence-corrected chi connectivity index (χ3v) is 1.63. The third-order valence-electron chi connectivity index (χ3n) is 1.63. The molecule has 2 N–H and O–H groups in total. The van der Waals surface area contributed by atoms with Crippen molar-refractivity contribution in [2.75, 3.05) is 0 Å². The fourth-order valence-electron chi connectivity index (χ4n) is 0.899. The summed E-state index contributed by atoms with van der Waals surface area (Å²) < 4.78 is 36.3. The molecule has 0 aromatic carbocycles. The van der Waals surface area contributed by atoms with Crippen molar-refractivity contribution in [3.63, 3.8) is 0 Å². The van der Waals surface area contributed by atoms with Gasteiger partial charge in [0.15, 0.2) is 0 Å². The van der Waals surface area contributed by atoms with E-state index < -0.39 is 17.6 Å². The van der Waals surface area contributed by atoms with E-state index in [1.165, 1.54) is 12.5 Å². The Morgan fingerprint density at radius 1 is 1.47 bits per heavy atom. The first-order chi connectivity index (χ1) is 6.89. The number of carbonyl (C=O) groups is 1.